The van der Waals surface area contributed by atoms with Gasteiger partial charge in [-0.25, -0.2) is 4.79 Å². The predicted molar refractivity (Wildman–Crippen MR) is 69.4 cm³/mol. The second-order valence-corrected chi connectivity index (χ2v) is 4.44. The maximum atomic E-state index is 11.6. The number of carbonyl (C=O) groups is 1. The molecule has 0 saturated carbocycles. The summed E-state index contributed by atoms with van der Waals surface area (Å²) in [5.41, 5.74) is 1.33. The van der Waals surface area contributed by atoms with Gasteiger partial charge in [-0.2, -0.15) is 0 Å². The van der Waals surface area contributed by atoms with E-state index in [2.05, 4.69) is 35.6 Å². The van der Waals surface area contributed by atoms with Crippen LogP contribution in [0, 0.1) is 0 Å². The molecule has 1 aliphatic heterocycles. The van der Waals surface area contributed by atoms with Crippen molar-refractivity contribution in [1.82, 2.24) is 4.90 Å². The molecule has 86 valence electrons. The number of hydrogen-bond acceptors (Lipinski definition) is 2. The van der Waals surface area contributed by atoms with Gasteiger partial charge in [0.05, 0.1) is 6.61 Å². The van der Waals surface area contributed by atoms with Crippen molar-refractivity contribution in [2.75, 3.05) is 24.1 Å². The molecule has 0 unspecified atom stereocenters. The summed E-state index contributed by atoms with van der Waals surface area (Å²) in [6.45, 7) is 4.18. The molecule has 1 aliphatic rings. The van der Waals surface area contributed by atoms with Crippen molar-refractivity contribution in [1.29, 1.82) is 0 Å². The molecule has 0 bridgehead atoms. The number of amides is 1. The first-order valence-electron chi connectivity index (χ1n) is 5.43. The average Bonchev–Trinajstić information content (AvgIpc) is 2.29. The Bertz CT molecular complexity index is 241. The molecule has 0 aromatic carbocycles. The number of hydrogen-bond donors (Lipinski definition) is 0. The fourth-order valence-corrected chi connectivity index (χ4v) is 2.01. The maximum absolute atomic E-state index is 11.6. The molecule has 0 spiro atoms. The third-order valence-electron chi connectivity index (χ3n) is 2.38. The van der Waals surface area contributed by atoms with Crippen molar-refractivity contribution < 1.29 is 9.53 Å². The summed E-state index contributed by atoms with van der Waals surface area (Å²) >= 11 is 2.33. The highest BCUT2D eigenvalue weighted by molar-refractivity contribution is 14.1. The Morgan fingerprint density at radius 1 is 1.67 bits per heavy atom. The van der Waals surface area contributed by atoms with E-state index in [1.165, 1.54) is 5.57 Å². The van der Waals surface area contributed by atoms with E-state index in [4.69, 9.17) is 4.74 Å². The van der Waals surface area contributed by atoms with Crippen molar-refractivity contribution in [3.63, 3.8) is 0 Å². The third kappa shape index (κ3) is 4.40. The van der Waals surface area contributed by atoms with Gasteiger partial charge in [0, 0.05) is 17.5 Å². The largest absolute Gasteiger partial charge is 0.449 e. The Morgan fingerprint density at radius 3 is 3.13 bits per heavy atom. The monoisotopic (exact) mass is 323 g/mol. The van der Waals surface area contributed by atoms with Crippen LogP contribution in [0.1, 0.15) is 26.2 Å². The Hall–Kier alpha value is -0.260. The number of nitrogens with zero attached hydrogens (tertiary/aromatic N) is 1. The maximum Gasteiger partial charge on any atom is 0.410 e. The molecule has 15 heavy (non-hydrogen) atoms. The number of rotatable bonds is 4. The lowest BCUT2D eigenvalue weighted by Gasteiger charge is -2.26. The van der Waals surface area contributed by atoms with Crippen LogP contribution in [0.4, 0.5) is 4.79 Å². The summed E-state index contributed by atoms with van der Waals surface area (Å²) in [4.78, 5) is 13.4. The number of ether oxygens (including phenoxy) is 1. The Morgan fingerprint density at radius 2 is 2.47 bits per heavy atom. The predicted octanol–water partition coefficient (Wildman–Crippen LogP) is 2.99. The molecule has 3 nitrogen and oxygen atoms in total. The van der Waals surface area contributed by atoms with Gasteiger partial charge in [-0.05, 0) is 18.4 Å². The molecule has 0 radical (unpaired) electrons. The Balaban J connectivity index is 2.31. The van der Waals surface area contributed by atoms with Gasteiger partial charge in [-0.3, -0.25) is 0 Å². The van der Waals surface area contributed by atoms with E-state index in [9.17, 15) is 4.79 Å². The minimum Gasteiger partial charge on any atom is -0.449 e. The van der Waals surface area contributed by atoms with Crippen molar-refractivity contribution in [3.8, 4) is 0 Å². The number of halogens is 1. The third-order valence-corrected chi connectivity index (χ3v) is 3.36. The molecule has 1 heterocycles. The first-order chi connectivity index (χ1) is 7.27. The molecule has 0 aliphatic carbocycles. The van der Waals surface area contributed by atoms with E-state index < -0.39 is 0 Å². The summed E-state index contributed by atoms with van der Waals surface area (Å²) in [5, 5.41) is 0. The van der Waals surface area contributed by atoms with Crippen molar-refractivity contribution in [2.45, 2.75) is 26.2 Å². The minimum atomic E-state index is -0.154. The summed E-state index contributed by atoms with van der Waals surface area (Å²) in [6, 6.07) is 0. The van der Waals surface area contributed by atoms with Crippen LogP contribution in [-0.4, -0.2) is 35.1 Å². The van der Waals surface area contributed by atoms with E-state index in [1.54, 1.807) is 4.90 Å². The van der Waals surface area contributed by atoms with Crippen molar-refractivity contribution in [2.24, 2.45) is 0 Å². The van der Waals surface area contributed by atoms with Crippen LogP contribution in [0.5, 0.6) is 0 Å². The standard InChI is InChI=1S/C11H18INO2/c1-2-3-7-15-11(14)13-6-4-5-10(8-12)9-13/h5H,2-4,6-9H2,1H3. The van der Waals surface area contributed by atoms with Gasteiger partial charge < -0.3 is 9.64 Å². The van der Waals surface area contributed by atoms with Crippen molar-refractivity contribution >= 4 is 28.7 Å². The Kier molecular flexibility index (Phi) is 6.05. The summed E-state index contributed by atoms with van der Waals surface area (Å²) in [5.74, 6) is 0. The molecule has 0 N–H and O–H groups in total. The lowest BCUT2D eigenvalue weighted by molar-refractivity contribution is 0.103. The van der Waals surface area contributed by atoms with Crippen LogP contribution >= 0.6 is 22.6 Å². The highest BCUT2D eigenvalue weighted by Crippen LogP contribution is 2.12. The van der Waals surface area contributed by atoms with Crippen LogP contribution in [0.15, 0.2) is 11.6 Å². The van der Waals surface area contributed by atoms with Gasteiger partial charge in [-0.15, -0.1) is 0 Å². The molecule has 0 fully saturated rings. The molecule has 1 amide bonds. The lowest BCUT2D eigenvalue weighted by Crippen LogP contribution is -2.36. The zero-order valence-corrected chi connectivity index (χ0v) is 11.3. The van der Waals surface area contributed by atoms with Crippen LogP contribution in [-0.2, 0) is 4.74 Å². The van der Waals surface area contributed by atoms with Crippen LogP contribution in [0.25, 0.3) is 0 Å². The fourth-order valence-electron chi connectivity index (χ4n) is 1.46. The van der Waals surface area contributed by atoms with Gasteiger partial charge in [-0.1, -0.05) is 42.0 Å². The zero-order valence-electron chi connectivity index (χ0n) is 9.17. The smallest absolute Gasteiger partial charge is 0.410 e. The normalized spacial score (nSPS) is 16.1. The van der Waals surface area contributed by atoms with Gasteiger partial charge >= 0.3 is 6.09 Å². The molecule has 0 aromatic rings. The molecule has 0 atom stereocenters. The first-order valence-corrected chi connectivity index (χ1v) is 6.96. The quantitative estimate of drug-likeness (QED) is 0.344. The number of carbonyl (C=O) groups excluding carboxylic acids is 1. The molecule has 4 heteroatoms. The van der Waals surface area contributed by atoms with Crippen LogP contribution in [0.2, 0.25) is 0 Å². The molecule has 1 rings (SSSR count). The zero-order chi connectivity index (χ0) is 11.1. The van der Waals surface area contributed by atoms with Crippen LogP contribution in [0.3, 0.4) is 0 Å². The molecule has 0 aromatic heterocycles. The SMILES string of the molecule is CCCCOC(=O)N1CCC=C(CI)C1. The van der Waals surface area contributed by atoms with E-state index >= 15 is 0 Å². The van der Waals surface area contributed by atoms with Gasteiger partial charge in [0.1, 0.15) is 0 Å². The molecular formula is C11H18INO2. The molecular weight excluding hydrogens is 305 g/mol. The van der Waals surface area contributed by atoms with Crippen molar-refractivity contribution in [3.05, 3.63) is 11.6 Å². The number of unbranched alkanes of at least 4 members (excludes halogenated alkanes) is 1. The summed E-state index contributed by atoms with van der Waals surface area (Å²) in [7, 11) is 0. The van der Waals surface area contributed by atoms with E-state index in [-0.39, 0.29) is 6.09 Å². The minimum absolute atomic E-state index is 0.154. The fraction of sp³-hybridized carbons (Fsp3) is 0.727. The van der Waals surface area contributed by atoms with Crippen LogP contribution < -0.4 is 0 Å². The highest BCUT2D eigenvalue weighted by Gasteiger charge is 2.18. The second-order valence-electron chi connectivity index (χ2n) is 3.67. The van der Waals surface area contributed by atoms with E-state index in [0.29, 0.717) is 6.61 Å². The van der Waals surface area contributed by atoms with E-state index in [0.717, 1.165) is 36.8 Å². The van der Waals surface area contributed by atoms with E-state index in [1.807, 2.05) is 0 Å². The topological polar surface area (TPSA) is 29.5 Å². The van der Waals surface area contributed by atoms with Gasteiger partial charge in [0.25, 0.3) is 0 Å². The second kappa shape index (κ2) is 7.09. The van der Waals surface area contributed by atoms with Gasteiger partial charge in [0.15, 0.2) is 0 Å². The average molecular weight is 323 g/mol. The summed E-state index contributed by atoms with van der Waals surface area (Å²) < 4.78 is 6.17. The lowest BCUT2D eigenvalue weighted by atomic mass is 10.1. The number of alkyl halides is 1. The highest BCUT2D eigenvalue weighted by atomic mass is 127. The molecule has 0 saturated heterocycles. The summed E-state index contributed by atoms with van der Waals surface area (Å²) in [6.07, 6.45) is 5.04. The first kappa shape index (κ1) is 12.8. The van der Waals surface area contributed by atoms with Gasteiger partial charge in [0.2, 0.25) is 0 Å². The Labute approximate surface area is 105 Å².